The van der Waals surface area contributed by atoms with E-state index in [9.17, 15) is 23.3 Å². The van der Waals surface area contributed by atoms with Crippen molar-refractivity contribution in [1.29, 1.82) is 0 Å². The molecule has 0 aliphatic heterocycles. The van der Waals surface area contributed by atoms with Crippen molar-refractivity contribution in [2.24, 2.45) is 0 Å². The Morgan fingerprint density at radius 2 is 1.93 bits per heavy atom. The number of rotatable bonds is 6. The smallest absolute Gasteiger partial charge is 0.269 e. The van der Waals surface area contributed by atoms with E-state index >= 15 is 0 Å². The normalized spacial score (nSPS) is 12.5. The van der Waals surface area contributed by atoms with Gasteiger partial charge < -0.3 is 4.74 Å². The maximum atomic E-state index is 12.3. The first kappa shape index (κ1) is 19.7. The number of ether oxygens (including phenoxy) is 1. The second kappa shape index (κ2) is 7.52. The Balaban J connectivity index is 1.70. The molecule has 0 aliphatic carbocycles. The van der Waals surface area contributed by atoms with E-state index in [1.165, 1.54) is 43.3 Å². The molecule has 2 aromatic carbocycles. The average molecular weight is 421 g/mol. The molecule has 0 saturated carbocycles. The van der Waals surface area contributed by atoms with Gasteiger partial charge in [0.15, 0.2) is 21.1 Å². The number of aromatic nitrogens is 1. The molecule has 1 heterocycles. The Bertz CT molecular complexity index is 1160. The van der Waals surface area contributed by atoms with Crippen LogP contribution in [0.3, 0.4) is 0 Å². The van der Waals surface area contributed by atoms with Crippen LogP contribution in [0.25, 0.3) is 10.2 Å². The summed E-state index contributed by atoms with van der Waals surface area (Å²) in [6, 6.07) is 9.94. The van der Waals surface area contributed by atoms with Crippen molar-refractivity contribution >= 4 is 48.1 Å². The maximum Gasteiger partial charge on any atom is 0.269 e. The van der Waals surface area contributed by atoms with Crippen LogP contribution in [-0.4, -0.2) is 36.6 Å². The number of nitro benzene ring substituents is 1. The van der Waals surface area contributed by atoms with Crippen molar-refractivity contribution < 1.29 is 22.9 Å². The molecule has 0 spiro atoms. The summed E-state index contributed by atoms with van der Waals surface area (Å²) in [5.74, 6) is -0.143. The summed E-state index contributed by atoms with van der Waals surface area (Å²) in [5.41, 5.74) is 0.490. The Hall–Kier alpha value is -3.05. The first-order chi connectivity index (χ1) is 13.1. The molecule has 1 aromatic heterocycles. The number of non-ortho nitro benzene ring substituents is 1. The molecule has 1 unspecified atom stereocenters. The minimum absolute atomic E-state index is 0.0765. The highest BCUT2D eigenvalue weighted by Crippen LogP contribution is 2.28. The Labute approximate surface area is 164 Å². The van der Waals surface area contributed by atoms with Gasteiger partial charge in [0.1, 0.15) is 5.75 Å². The summed E-state index contributed by atoms with van der Waals surface area (Å²) in [4.78, 5) is 26.9. The van der Waals surface area contributed by atoms with E-state index in [1.807, 2.05) is 0 Å². The van der Waals surface area contributed by atoms with Crippen LogP contribution in [0.1, 0.15) is 6.92 Å². The zero-order chi connectivity index (χ0) is 20.5. The largest absolute Gasteiger partial charge is 0.481 e. The average Bonchev–Trinajstić information content (AvgIpc) is 3.02. The molecular weight excluding hydrogens is 406 g/mol. The lowest BCUT2D eigenvalue weighted by Crippen LogP contribution is -2.30. The summed E-state index contributed by atoms with van der Waals surface area (Å²) in [6.45, 7) is 1.53. The number of benzene rings is 2. The number of fused-ring (bicyclic) bond motifs is 1. The van der Waals surface area contributed by atoms with E-state index < -0.39 is 26.8 Å². The van der Waals surface area contributed by atoms with Gasteiger partial charge in [-0.2, -0.15) is 0 Å². The van der Waals surface area contributed by atoms with Crippen molar-refractivity contribution in [2.75, 3.05) is 11.6 Å². The van der Waals surface area contributed by atoms with Crippen molar-refractivity contribution in [2.45, 2.75) is 17.9 Å². The maximum absolute atomic E-state index is 12.3. The number of nitrogens with zero attached hydrogens (tertiary/aromatic N) is 2. The highest BCUT2D eigenvalue weighted by Gasteiger charge is 2.18. The number of hydrogen-bond acceptors (Lipinski definition) is 8. The van der Waals surface area contributed by atoms with Crippen molar-refractivity contribution in [1.82, 2.24) is 4.98 Å². The lowest BCUT2D eigenvalue weighted by molar-refractivity contribution is -0.384. The molecule has 0 saturated heterocycles. The molecule has 0 bridgehead atoms. The minimum atomic E-state index is -3.34. The molecule has 1 amide bonds. The van der Waals surface area contributed by atoms with E-state index in [-0.39, 0.29) is 10.6 Å². The summed E-state index contributed by atoms with van der Waals surface area (Å²) < 4.78 is 29.4. The molecule has 9 nitrogen and oxygen atoms in total. The Kier molecular flexibility index (Phi) is 5.29. The number of amides is 1. The first-order valence-electron chi connectivity index (χ1n) is 7.96. The van der Waals surface area contributed by atoms with E-state index in [0.29, 0.717) is 21.1 Å². The lowest BCUT2D eigenvalue weighted by atomic mass is 10.3. The van der Waals surface area contributed by atoms with Crippen molar-refractivity contribution in [3.8, 4) is 5.75 Å². The zero-order valence-electron chi connectivity index (χ0n) is 14.8. The number of sulfone groups is 1. The molecule has 1 N–H and O–H groups in total. The minimum Gasteiger partial charge on any atom is -0.481 e. The number of carbonyl (C=O) groups excluding carboxylic acids is 1. The molecule has 0 aliphatic rings. The topological polar surface area (TPSA) is 128 Å². The molecular formula is C17H15N3O6S2. The third kappa shape index (κ3) is 4.43. The predicted octanol–water partition coefficient (Wildman–Crippen LogP) is 3.01. The monoisotopic (exact) mass is 421 g/mol. The second-order valence-corrected chi connectivity index (χ2v) is 8.97. The summed E-state index contributed by atoms with van der Waals surface area (Å²) in [6.07, 6.45) is 0.245. The second-order valence-electron chi connectivity index (χ2n) is 5.92. The van der Waals surface area contributed by atoms with Gasteiger partial charge in [-0.1, -0.05) is 11.3 Å². The standard InChI is InChI=1S/C17H15N3O6S2/c1-10(26-12-5-3-11(4-6-12)20(22)23)16(21)19-17-18-14-8-7-13(28(2,24)25)9-15(14)27-17/h3-10H,1-2H3,(H,18,19,21). The van der Waals surface area contributed by atoms with Crippen LogP contribution >= 0.6 is 11.3 Å². The third-order valence-electron chi connectivity index (χ3n) is 3.75. The van der Waals surface area contributed by atoms with Crippen LogP contribution < -0.4 is 10.1 Å². The number of carbonyl (C=O) groups is 1. The summed E-state index contributed by atoms with van der Waals surface area (Å²) >= 11 is 1.15. The summed E-state index contributed by atoms with van der Waals surface area (Å²) in [7, 11) is -3.34. The summed E-state index contributed by atoms with van der Waals surface area (Å²) in [5, 5.41) is 13.6. The van der Waals surface area contributed by atoms with Crippen LogP contribution in [0.5, 0.6) is 5.75 Å². The molecule has 3 aromatic rings. The van der Waals surface area contributed by atoms with Gasteiger partial charge in [0.25, 0.3) is 11.6 Å². The number of nitro groups is 1. The molecule has 11 heteroatoms. The Morgan fingerprint density at radius 1 is 1.25 bits per heavy atom. The predicted molar refractivity (Wildman–Crippen MR) is 105 cm³/mol. The van der Waals surface area contributed by atoms with Gasteiger partial charge >= 0.3 is 0 Å². The Morgan fingerprint density at radius 3 is 2.54 bits per heavy atom. The van der Waals surface area contributed by atoms with Gasteiger partial charge in [-0.15, -0.1) is 0 Å². The van der Waals surface area contributed by atoms with Crippen molar-refractivity contribution in [3.05, 3.63) is 52.6 Å². The molecule has 1 atom stereocenters. The zero-order valence-corrected chi connectivity index (χ0v) is 16.4. The van der Waals surface area contributed by atoms with Crippen LogP contribution in [0.2, 0.25) is 0 Å². The number of hydrogen-bond donors (Lipinski definition) is 1. The third-order valence-corrected chi connectivity index (χ3v) is 5.79. The van der Waals surface area contributed by atoms with Gasteiger partial charge in [0, 0.05) is 18.4 Å². The van der Waals surface area contributed by atoms with Crippen LogP contribution in [0, 0.1) is 10.1 Å². The van der Waals surface area contributed by atoms with Gasteiger partial charge in [-0.25, -0.2) is 13.4 Å². The highest BCUT2D eigenvalue weighted by atomic mass is 32.2. The fourth-order valence-corrected chi connectivity index (χ4v) is 3.93. The number of anilines is 1. The fourth-order valence-electron chi connectivity index (χ4n) is 2.30. The van der Waals surface area contributed by atoms with Gasteiger partial charge in [-0.05, 0) is 37.3 Å². The number of thiazole rings is 1. The van der Waals surface area contributed by atoms with Gasteiger partial charge in [-0.3, -0.25) is 20.2 Å². The molecule has 28 heavy (non-hydrogen) atoms. The molecule has 0 radical (unpaired) electrons. The van der Waals surface area contributed by atoms with Crippen LogP contribution in [0.4, 0.5) is 10.8 Å². The van der Waals surface area contributed by atoms with E-state index in [0.717, 1.165) is 17.6 Å². The molecule has 3 rings (SSSR count). The van der Waals surface area contributed by atoms with Crippen LogP contribution in [0.15, 0.2) is 47.4 Å². The fraction of sp³-hybridized carbons (Fsp3) is 0.176. The van der Waals surface area contributed by atoms with E-state index in [4.69, 9.17) is 4.74 Å². The lowest BCUT2D eigenvalue weighted by Gasteiger charge is -2.13. The quantitative estimate of drug-likeness (QED) is 0.478. The first-order valence-corrected chi connectivity index (χ1v) is 10.7. The molecule has 146 valence electrons. The molecule has 0 fully saturated rings. The SMILES string of the molecule is CC(Oc1ccc([N+](=O)[O-])cc1)C(=O)Nc1nc2ccc(S(C)(=O)=O)cc2s1. The number of nitrogens with one attached hydrogen (secondary N) is 1. The van der Waals surface area contributed by atoms with Gasteiger partial charge in [0.05, 0.1) is 20.0 Å². The highest BCUT2D eigenvalue weighted by molar-refractivity contribution is 7.90. The van der Waals surface area contributed by atoms with E-state index in [2.05, 4.69) is 10.3 Å². The van der Waals surface area contributed by atoms with Crippen LogP contribution in [-0.2, 0) is 14.6 Å². The van der Waals surface area contributed by atoms with E-state index in [1.54, 1.807) is 6.07 Å². The van der Waals surface area contributed by atoms with Crippen molar-refractivity contribution in [3.63, 3.8) is 0 Å². The van der Waals surface area contributed by atoms with Gasteiger partial charge in [0.2, 0.25) is 0 Å².